The fourth-order valence-electron chi connectivity index (χ4n) is 4.41. The molecule has 2 aromatic carbocycles. The van der Waals surface area contributed by atoms with Crippen LogP contribution in [0.2, 0.25) is 0 Å². The van der Waals surface area contributed by atoms with E-state index in [0.717, 1.165) is 69.0 Å². The molecule has 0 spiro atoms. The number of phenolic OH excluding ortho intramolecular Hbond substituents is 1. The Labute approximate surface area is 190 Å². The minimum Gasteiger partial charge on any atom is -0.504 e. The molecule has 1 amide bonds. The molecule has 4 rings (SSSR count). The predicted octanol–water partition coefficient (Wildman–Crippen LogP) is 2.37. The van der Waals surface area contributed by atoms with Crippen LogP contribution < -0.4 is 4.74 Å². The molecule has 1 unspecified atom stereocenters. The Kier molecular flexibility index (Phi) is 7.29. The Balaban J connectivity index is 1.25. The van der Waals surface area contributed by atoms with Gasteiger partial charge in [-0.1, -0.05) is 23.8 Å². The van der Waals surface area contributed by atoms with Crippen LogP contribution in [0.3, 0.4) is 0 Å². The maximum Gasteiger partial charge on any atom is 0.253 e. The molecule has 2 aliphatic heterocycles. The van der Waals surface area contributed by atoms with E-state index in [4.69, 9.17) is 9.47 Å². The molecule has 0 saturated carbocycles. The second kappa shape index (κ2) is 10.3. The molecule has 2 heterocycles. The molecule has 0 bridgehead atoms. The fraction of sp³-hybridized carbons (Fsp3) is 0.480. The summed E-state index contributed by atoms with van der Waals surface area (Å²) in [6, 6.07) is 13.3. The Hall–Kier alpha value is -2.61. The molecule has 0 aliphatic carbocycles. The monoisotopic (exact) mass is 439 g/mol. The Morgan fingerprint density at radius 3 is 2.53 bits per heavy atom. The summed E-state index contributed by atoms with van der Waals surface area (Å²) < 4.78 is 11.3. The van der Waals surface area contributed by atoms with Crippen molar-refractivity contribution in [3.63, 3.8) is 0 Å². The number of rotatable bonds is 6. The van der Waals surface area contributed by atoms with Crippen molar-refractivity contribution in [2.24, 2.45) is 0 Å². The quantitative estimate of drug-likeness (QED) is 0.746. The SMILES string of the molecule is COc1cc(CN2CCOC(CN3CCN(C(=O)c4ccc(C)cc4)CC3)C2)ccc1O. The van der Waals surface area contributed by atoms with Gasteiger partial charge in [-0.05, 0) is 36.8 Å². The van der Waals surface area contributed by atoms with E-state index in [2.05, 4.69) is 9.80 Å². The number of hydrogen-bond donors (Lipinski definition) is 1. The van der Waals surface area contributed by atoms with Crippen molar-refractivity contribution in [2.45, 2.75) is 19.6 Å². The number of piperazine rings is 1. The second-order valence-corrected chi connectivity index (χ2v) is 8.69. The topological polar surface area (TPSA) is 65.5 Å². The number of carbonyl (C=O) groups is 1. The Morgan fingerprint density at radius 1 is 1.06 bits per heavy atom. The summed E-state index contributed by atoms with van der Waals surface area (Å²) in [5.41, 5.74) is 3.04. The normalized spacial score (nSPS) is 20.3. The zero-order valence-electron chi connectivity index (χ0n) is 19.0. The number of phenols is 1. The van der Waals surface area contributed by atoms with Gasteiger partial charge in [-0.15, -0.1) is 0 Å². The molecule has 1 N–H and O–H groups in total. The van der Waals surface area contributed by atoms with E-state index in [9.17, 15) is 9.90 Å². The number of hydrogen-bond acceptors (Lipinski definition) is 6. The average molecular weight is 440 g/mol. The van der Waals surface area contributed by atoms with Crippen molar-refractivity contribution in [1.29, 1.82) is 0 Å². The van der Waals surface area contributed by atoms with Crippen molar-refractivity contribution in [2.75, 3.05) is 59.5 Å². The smallest absolute Gasteiger partial charge is 0.253 e. The highest BCUT2D eigenvalue weighted by molar-refractivity contribution is 5.94. The summed E-state index contributed by atoms with van der Waals surface area (Å²) in [6.07, 6.45) is 0.155. The van der Waals surface area contributed by atoms with Crippen molar-refractivity contribution < 1.29 is 19.4 Å². The number of amides is 1. The molecule has 7 nitrogen and oxygen atoms in total. The van der Waals surface area contributed by atoms with Crippen LogP contribution in [0.15, 0.2) is 42.5 Å². The summed E-state index contributed by atoms with van der Waals surface area (Å²) in [7, 11) is 1.57. The number of carbonyl (C=O) groups excluding carboxylic acids is 1. The molecule has 172 valence electrons. The van der Waals surface area contributed by atoms with Gasteiger partial charge in [0.05, 0.1) is 19.8 Å². The Morgan fingerprint density at radius 2 is 1.81 bits per heavy atom. The van der Waals surface area contributed by atoms with Crippen molar-refractivity contribution in [1.82, 2.24) is 14.7 Å². The summed E-state index contributed by atoms with van der Waals surface area (Å²) in [4.78, 5) is 19.5. The molecule has 2 aromatic rings. The van der Waals surface area contributed by atoms with Crippen LogP contribution in [0.4, 0.5) is 0 Å². The third-order valence-electron chi connectivity index (χ3n) is 6.29. The molecular weight excluding hydrogens is 406 g/mol. The van der Waals surface area contributed by atoms with Gasteiger partial charge in [-0.2, -0.15) is 0 Å². The van der Waals surface area contributed by atoms with E-state index >= 15 is 0 Å². The maximum absolute atomic E-state index is 12.7. The maximum atomic E-state index is 12.7. The third kappa shape index (κ3) is 5.59. The van der Waals surface area contributed by atoms with Gasteiger partial charge in [0.2, 0.25) is 0 Å². The van der Waals surface area contributed by atoms with Crippen LogP contribution in [-0.4, -0.2) is 91.3 Å². The van der Waals surface area contributed by atoms with Crippen LogP contribution in [-0.2, 0) is 11.3 Å². The van der Waals surface area contributed by atoms with Gasteiger partial charge in [0, 0.05) is 57.9 Å². The number of nitrogens with zero attached hydrogens (tertiary/aromatic N) is 3. The molecule has 7 heteroatoms. The van der Waals surface area contributed by atoms with Crippen LogP contribution >= 0.6 is 0 Å². The predicted molar refractivity (Wildman–Crippen MR) is 123 cm³/mol. The van der Waals surface area contributed by atoms with Gasteiger partial charge in [-0.25, -0.2) is 0 Å². The van der Waals surface area contributed by atoms with Crippen LogP contribution in [0.5, 0.6) is 11.5 Å². The average Bonchev–Trinajstić information content (AvgIpc) is 2.81. The number of benzene rings is 2. The Bertz CT molecular complexity index is 910. The first-order valence-corrected chi connectivity index (χ1v) is 11.3. The van der Waals surface area contributed by atoms with E-state index in [0.29, 0.717) is 12.4 Å². The number of aryl methyl sites for hydroxylation is 1. The van der Waals surface area contributed by atoms with E-state index in [-0.39, 0.29) is 17.8 Å². The van der Waals surface area contributed by atoms with E-state index in [1.807, 2.05) is 48.2 Å². The fourth-order valence-corrected chi connectivity index (χ4v) is 4.41. The second-order valence-electron chi connectivity index (χ2n) is 8.69. The van der Waals surface area contributed by atoms with Crippen molar-refractivity contribution >= 4 is 5.91 Å². The lowest BCUT2D eigenvalue weighted by atomic mass is 10.1. The molecule has 2 fully saturated rings. The third-order valence-corrected chi connectivity index (χ3v) is 6.29. The van der Waals surface area contributed by atoms with E-state index < -0.39 is 0 Å². The molecule has 0 aromatic heterocycles. The number of aromatic hydroxyl groups is 1. The minimum absolute atomic E-state index is 0.120. The first-order chi connectivity index (χ1) is 15.5. The summed E-state index contributed by atoms with van der Waals surface area (Å²) in [5.74, 6) is 0.788. The zero-order valence-corrected chi connectivity index (χ0v) is 19.0. The van der Waals surface area contributed by atoms with E-state index in [1.165, 1.54) is 0 Å². The van der Waals surface area contributed by atoms with Crippen LogP contribution in [0, 0.1) is 6.92 Å². The first kappa shape index (κ1) is 22.6. The number of morpholine rings is 1. The number of ether oxygens (including phenoxy) is 2. The first-order valence-electron chi connectivity index (χ1n) is 11.3. The van der Waals surface area contributed by atoms with Gasteiger partial charge in [0.15, 0.2) is 11.5 Å². The van der Waals surface area contributed by atoms with Crippen LogP contribution in [0.1, 0.15) is 21.5 Å². The minimum atomic E-state index is 0.120. The van der Waals surface area contributed by atoms with Gasteiger partial charge >= 0.3 is 0 Å². The van der Waals surface area contributed by atoms with Gasteiger partial charge in [-0.3, -0.25) is 14.6 Å². The molecule has 0 radical (unpaired) electrons. The molecule has 1 atom stereocenters. The lowest BCUT2D eigenvalue weighted by Gasteiger charge is -2.39. The molecule has 2 saturated heterocycles. The highest BCUT2D eigenvalue weighted by Crippen LogP contribution is 2.27. The van der Waals surface area contributed by atoms with Gasteiger partial charge in [0.25, 0.3) is 5.91 Å². The molecule has 2 aliphatic rings. The molecule has 32 heavy (non-hydrogen) atoms. The largest absolute Gasteiger partial charge is 0.504 e. The van der Waals surface area contributed by atoms with Crippen molar-refractivity contribution in [3.8, 4) is 11.5 Å². The summed E-state index contributed by atoms with van der Waals surface area (Å²) in [5, 5.41) is 9.81. The lowest BCUT2D eigenvalue weighted by molar-refractivity contribution is -0.0497. The summed E-state index contributed by atoms with van der Waals surface area (Å²) in [6.45, 7) is 9.41. The highest BCUT2D eigenvalue weighted by Gasteiger charge is 2.27. The van der Waals surface area contributed by atoms with E-state index in [1.54, 1.807) is 13.2 Å². The van der Waals surface area contributed by atoms with Gasteiger partial charge < -0.3 is 19.5 Å². The van der Waals surface area contributed by atoms with Crippen molar-refractivity contribution in [3.05, 3.63) is 59.2 Å². The summed E-state index contributed by atoms with van der Waals surface area (Å²) >= 11 is 0. The van der Waals surface area contributed by atoms with Gasteiger partial charge in [0.1, 0.15) is 0 Å². The molecular formula is C25H33N3O4. The highest BCUT2D eigenvalue weighted by atomic mass is 16.5. The van der Waals surface area contributed by atoms with Crippen LogP contribution in [0.25, 0.3) is 0 Å². The number of methoxy groups -OCH3 is 1. The lowest BCUT2D eigenvalue weighted by Crippen LogP contribution is -2.53. The standard InChI is InChI=1S/C25H33N3O4/c1-19-3-6-21(7-4-19)25(30)28-11-9-26(10-12-28)17-22-18-27(13-14-32-22)16-20-5-8-23(29)24(15-20)31-2/h3-8,15,22,29H,9-14,16-18H2,1-2H3. The zero-order chi connectivity index (χ0) is 22.5.